The molecule has 1 aliphatic rings. The third kappa shape index (κ3) is 4.31. The van der Waals surface area contributed by atoms with E-state index in [0.29, 0.717) is 5.56 Å². The van der Waals surface area contributed by atoms with Crippen molar-refractivity contribution in [2.24, 2.45) is 0 Å². The first-order valence-electron chi connectivity index (χ1n) is 8.07. The van der Waals surface area contributed by atoms with E-state index in [-0.39, 0.29) is 17.5 Å². The van der Waals surface area contributed by atoms with Gasteiger partial charge in [-0.1, -0.05) is 30.3 Å². The van der Waals surface area contributed by atoms with Crippen molar-refractivity contribution < 1.29 is 9.53 Å². The SMILES string of the molecule is O=C(N[C@H](CN1CCOCC1)c1ccccc1)c1ccc(=O)[nH]c1. The summed E-state index contributed by atoms with van der Waals surface area (Å²) in [5, 5.41) is 3.07. The Labute approximate surface area is 140 Å². The second kappa shape index (κ2) is 7.90. The molecular weight excluding hydrogens is 306 g/mol. The van der Waals surface area contributed by atoms with E-state index in [9.17, 15) is 9.59 Å². The van der Waals surface area contributed by atoms with Crippen LogP contribution >= 0.6 is 0 Å². The van der Waals surface area contributed by atoms with Gasteiger partial charge in [0, 0.05) is 31.9 Å². The second-order valence-corrected chi connectivity index (χ2v) is 5.79. The number of nitrogens with one attached hydrogen (secondary N) is 2. The lowest BCUT2D eigenvalue weighted by atomic mass is 10.1. The molecular formula is C18H21N3O3. The Hall–Kier alpha value is -2.44. The first-order valence-corrected chi connectivity index (χ1v) is 8.07. The normalized spacial score (nSPS) is 16.5. The summed E-state index contributed by atoms with van der Waals surface area (Å²) in [5.74, 6) is -0.201. The fourth-order valence-electron chi connectivity index (χ4n) is 2.76. The minimum atomic E-state index is -0.223. The molecule has 0 aliphatic carbocycles. The summed E-state index contributed by atoms with van der Waals surface area (Å²) in [6.45, 7) is 3.88. The first kappa shape index (κ1) is 16.4. The highest BCUT2D eigenvalue weighted by Crippen LogP contribution is 2.16. The van der Waals surface area contributed by atoms with E-state index in [1.165, 1.54) is 18.3 Å². The minimum absolute atomic E-state index is 0.122. The van der Waals surface area contributed by atoms with Crippen molar-refractivity contribution in [3.8, 4) is 0 Å². The fraction of sp³-hybridized carbons (Fsp3) is 0.333. The standard InChI is InChI=1S/C18H21N3O3/c22-17-7-6-15(12-19-17)18(23)20-16(14-4-2-1-3-5-14)13-21-8-10-24-11-9-21/h1-7,12,16H,8-11,13H2,(H,19,22)(H,20,23)/t16-/m1/s1. The Kier molecular flexibility index (Phi) is 5.40. The highest BCUT2D eigenvalue weighted by molar-refractivity contribution is 5.94. The average molecular weight is 327 g/mol. The maximum absolute atomic E-state index is 12.5. The molecule has 126 valence electrons. The van der Waals surface area contributed by atoms with Gasteiger partial charge in [-0.2, -0.15) is 0 Å². The van der Waals surface area contributed by atoms with E-state index in [1.54, 1.807) is 0 Å². The zero-order valence-electron chi connectivity index (χ0n) is 13.4. The van der Waals surface area contributed by atoms with Crippen molar-refractivity contribution in [2.45, 2.75) is 6.04 Å². The second-order valence-electron chi connectivity index (χ2n) is 5.79. The molecule has 6 nitrogen and oxygen atoms in total. The number of carbonyl (C=O) groups is 1. The van der Waals surface area contributed by atoms with Gasteiger partial charge in [-0.15, -0.1) is 0 Å². The molecule has 1 atom stereocenters. The fourth-order valence-corrected chi connectivity index (χ4v) is 2.76. The number of nitrogens with zero attached hydrogens (tertiary/aromatic N) is 1. The van der Waals surface area contributed by atoms with E-state index >= 15 is 0 Å². The number of rotatable bonds is 5. The van der Waals surface area contributed by atoms with Crippen molar-refractivity contribution in [3.05, 3.63) is 70.1 Å². The van der Waals surface area contributed by atoms with Crippen LogP contribution in [0.2, 0.25) is 0 Å². The Bertz CT molecular complexity index is 703. The van der Waals surface area contributed by atoms with Crippen LogP contribution in [0, 0.1) is 0 Å². The zero-order valence-corrected chi connectivity index (χ0v) is 13.4. The number of H-pyrrole nitrogens is 1. The number of amides is 1. The summed E-state index contributed by atoms with van der Waals surface area (Å²) in [5.41, 5.74) is 1.28. The van der Waals surface area contributed by atoms with Crippen molar-refractivity contribution >= 4 is 5.91 Å². The summed E-state index contributed by atoms with van der Waals surface area (Å²) in [7, 11) is 0. The van der Waals surface area contributed by atoms with Crippen LogP contribution in [-0.4, -0.2) is 48.6 Å². The summed E-state index contributed by atoms with van der Waals surface area (Å²) >= 11 is 0. The van der Waals surface area contributed by atoms with Crippen LogP contribution in [0.15, 0.2) is 53.5 Å². The van der Waals surface area contributed by atoms with Gasteiger partial charge in [0.2, 0.25) is 5.56 Å². The molecule has 1 fully saturated rings. The van der Waals surface area contributed by atoms with Gasteiger partial charge < -0.3 is 15.0 Å². The van der Waals surface area contributed by atoms with Crippen LogP contribution in [0.3, 0.4) is 0 Å². The van der Waals surface area contributed by atoms with E-state index in [1.807, 2.05) is 30.3 Å². The summed E-state index contributed by atoms with van der Waals surface area (Å²) in [6.07, 6.45) is 1.44. The quantitative estimate of drug-likeness (QED) is 0.865. The maximum atomic E-state index is 12.5. The molecule has 2 N–H and O–H groups in total. The molecule has 1 aliphatic heterocycles. The van der Waals surface area contributed by atoms with E-state index in [0.717, 1.165) is 38.4 Å². The monoisotopic (exact) mass is 327 g/mol. The summed E-state index contributed by atoms with van der Waals surface area (Å²) in [6, 6.07) is 12.7. The molecule has 1 aromatic heterocycles. The van der Waals surface area contributed by atoms with Crippen LogP contribution in [0.25, 0.3) is 0 Å². The van der Waals surface area contributed by atoms with E-state index in [4.69, 9.17) is 4.74 Å². The third-order valence-corrected chi connectivity index (χ3v) is 4.10. The molecule has 1 aromatic carbocycles. The van der Waals surface area contributed by atoms with Crippen LogP contribution < -0.4 is 10.9 Å². The molecule has 0 saturated carbocycles. The number of aromatic amines is 1. The maximum Gasteiger partial charge on any atom is 0.253 e. The van der Waals surface area contributed by atoms with Gasteiger partial charge in [0.05, 0.1) is 24.8 Å². The van der Waals surface area contributed by atoms with Crippen LogP contribution in [-0.2, 0) is 4.74 Å². The smallest absolute Gasteiger partial charge is 0.253 e. The Morgan fingerprint density at radius 3 is 2.58 bits per heavy atom. The van der Waals surface area contributed by atoms with Crippen LogP contribution in [0.1, 0.15) is 22.0 Å². The van der Waals surface area contributed by atoms with Gasteiger partial charge in [-0.05, 0) is 11.6 Å². The molecule has 2 aromatic rings. The van der Waals surface area contributed by atoms with Crippen LogP contribution in [0.5, 0.6) is 0 Å². The Morgan fingerprint density at radius 1 is 1.17 bits per heavy atom. The zero-order chi connectivity index (χ0) is 16.8. The van der Waals surface area contributed by atoms with Gasteiger partial charge >= 0.3 is 0 Å². The first-order chi connectivity index (χ1) is 11.7. The number of hydrogen-bond acceptors (Lipinski definition) is 4. The van der Waals surface area contributed by atoms with E-state index < -0.39 is 0 Å². The summed E-state index contributed by atoms with van der Waals surface area (Å²) < 4.78 is 5.39. The lowest BCUT2D eigenvalue weighted by molar-refractivity contribution is 0.0332. The number of aromatic nitrogens is 1. The van der Waals surface area contributed by atoms with Gasteiger partial charge in [0.25, 0.3) is 5.91 Å². The molecule has 2 heterocycles. The van der Waals surface area contributed by atoms with Crippen molar-refractivity contribution in [1.82, 2.24) is 15.2 Å². The number of carbonyl (C=O) groups excluding carboxylic acids is 1. The minimum Gasteiger partial charge on any atom is -0.379 e. The third-order valence-electron chi connectivity index (χ3n) is 4.10. The Morgan fingerprint density at radius 2 is 1.92 bits per heavy atom. The lowest BCUT2D eigenvalue weighted by Crippen LogP contribution is -2.43. The largest absolute Gasteiger partial charge is 0.379 e. The lowest BCUT2D eigenvalue weighted by Gasteiger charge is -2.31. The van der Waals surface area contributed by atoms with Crippen LogP contribution in [0.4, 0.5) is 0 Å². The molecule has 3 rings (SSSR count). The number of hydrogen-bond donors (Lipinski definition) is 2. The van der Waals surface area contributed by atoms with Gasteiger partial charge in [-0.25, -0.2) is 0 Å². The Balaban J connectivity index is 1.74. The molecule has 6 heteroatoms. The molecule has 0 unspecified atom stereocenters. The highest BCUT2D eigenvalue weighted by Gasteiger charge is 2.20. The predicted molar refractivity (Wildman–Crippen MR) is 91.0 cm³/mol. The molecule has 0 spiro atoms. The highest BCUT2D eigenvalue weighted by atomic mass is 16.5. The van der Waals surface area contributed by atoms with Gasteiger partial charge in [0.15, 0.2) is 0 Å². The number of ether oxygens (including phenoxy) is 1. The molecule has 0 bridgehead atoms. The van der Waals surface area contributed by atoms with Crippen molar-refractivity contribution in [2.75, 3.05) is 32.8 Å². The topological polar surface area (TPSA) is 74.4 Å². The average Bonchev–Trinajstić information content (AvgIpc) is 2.63. The number of benzene rings is 1. The number of morpholine rings is 1. The molecule has 1 saturated heterocycles. The molecule has 24 heavy (non-hydrogen) atoms. The van der Waals surface area contributed by atoms with Gasteiger partial charge in [-0.3, -0.25) is 14.5 Å². The van der Waals surface area contributed by atoms with Crippen molar-refractivity contribution in [3.63, 3.8) is 0 Å². The predicted octanol–water partition coefficient (Wildman–Crippen LogP) is 1.18. The van der Waals surface area contributed by atoms with Gasteiger partial charge in [0.1, 0.15) is 0 Å². The molecule has 0 radical (unpaired) electrons. The number of pyridine rings is 1. The molecule has 1 amide bonds. The van der Waals surface area contributed by atoms with Crippen molar-refractivity contribution in [1.29, 1.82) is 0 Å². The van der Waals surface area contributed by atoms with E-state index in [2.05, 4.69) is 15.2 Å². The summed E-state index contributed by atoms with van der Waals surface area (Å²) in [4.78, 5) is 28.5.